The van der Waals surface area contributed by atoms with E-state index in [2.05, 4.69) is 70.3 Å². The Kier molecular flexibility index (Phi) is 5.47. The van der Waals surface area contributed by atoms with Crippen molar-refractivity contribution >= 4 is 21.6 Å². The van der Waals surface area contributed by atoms with Gasteiger partial charge >= 0.3 is 0 Å². The number of hydrogen-bond acceptors (Lipinski definition) is 3. The minimum absolute atomic E-state index is 0.353. The molecular weight excluding hydrogens is 314 g/mol. The van der Waals surface area contributed by atoms with E-state index in [0.717, 1.165) is 11.0 Å². The topological polar surface area (TPSA) is 18.5 Å². The van der Waals surface area contributed by atoms with Gasteiger partial charge in [-0.3, -0.25) is 0 Å². The van der Waals surface area contributed by atoms with Crippen molar-refractivity contribution in [2.75, 3.05) is 39.1 Å². The number of nitrogens with one attached hydrogen (secondary N) is 1. The molecule has 0 saturated carbocycles. The molecule has 2 unspecified atom stereocenters. The van der Waals surface area contributed by atoms with Crippen LogP contribution in [0.15, 0.2) is 22.7 Å². The van der Waals surface area contributed by atoms with E-state index >= 15 is 0 Å². The highest BCUT2D eigenvalue weighted by Gasteiger charge is 2.23. The Hall–Kier alpha value is -0.580. The molecule has 0 aromatic heterocycles. The van der Waals surface area contributed by atoms with Gasteiger partial charge in [0.25, 0.3) is 0 Å². The van der Waals surface area contributed by atoms with Crippen LogP contribution in [0.4, 0.5) is 5.69 Å². The molecule has 1 aromatic rings. The van der Waals surface area contributed by atoms with E-state index in [1.165, 1.54) is 30.6 Å². The fourth-order valence-corrected chi connectivity index (χ4v) is 3.38. The first-order valence-corrected chi connectivity index (χ1v) is 8.20. The molecule has 4 heteroatoms. The smallest absolute Gasteiger partial charge is 0.0413 e. The van der Waals surface area contributed by atoms with Crippen LogP contribution in [0.25, 0.3) is 0 Å². The van der Waals surface area contributed by atoms with Crippen LogP contribution in [0.1, 0.15) is 31.4 Å². The van der Waals surface area contributed by atoms with Crippen molar-refractivity contribution in [3.8, 4) is 0 Å². The van der Waals surface area contributed by atoms with Crippen molar-refractivity contribution in [1.82, 2.24) is 10.2 Å². The lowest BCUT2D eigenvalue weighted by Gasteiger charge is -2.30. The summed E-state index contributed by atoms with van der Waals surface area (Å²) in [6, 6.07) is 7.62. The van der Waals surface area contributed by atoms with Crippen molar-refractivity contribution in [1.29, 1.82) is 0 Å². The van der Waals surface area contributed by atoms with Crippen LogP contribution in [0.5, 0.6) is 0 Å². The maximum atomic E-state index is 3.59. The fraction of sp³-hybridized carbons (Fsp3) is 0.625. The van der Waals surface area contributed by atoms with Crippen molar-refractivity contribution in [3.05, 3.63) is 28.2 Å². The summed E-state index contributed by atoms with van der Waals surface area (Å²) in [6.07, 6.45) is 2.64. The molecule has 1 heterocycles. The lowest BCUT2D eigenvalue weighted by atomic mass is 10.0. The van der Waals surface area contributed by atoms with Crippen LogP contribution in [-0.2, 0) is 0 Å². The first-order valence-electron chi connectivity index (χ1n) is 7.41. The summed E-state index contributed by atoms with van der Waals surface area (Å²) in [6.45, 7) is 4.54. The molecule has 3 nitrogen and oxygen atoms in total. The fourth-order valence-electron chi connectivity index (χ4n) is 3.00. The molecule has 112 valence electrons. The average Bonchev–Trinajstić information content (AvgIpc) is 2.83. The lowest BCUT2D eigenvalue weighted by Crippen LogP contribution is -2.37. The van der Waals surface area contributed by atoms with E-state index in [9.17, 15) is 0 Å². The zero-order valence-electron chi connectivity index (χ0n) is 13.0. The predicted molar refractivity (Wildman–Crippen MR) is 90.5 cm³/mol. The Morgan fingerprint density at radius 3 is 2.85 bits per heavy atom. The van der Waals surface area contributed by atoms with Gasteiger partial charge in [-0.15, -0.1) is 0 Å². The molecule has 1 N–H and O–H groups in total. The first kappa shape index (κ1) is 15.8. The number of hydrogen-bond donors (Lipinski definition) is 1. The zero-order valence-corrected chi connectivity index (χ0v) is 14.6. The third-order valence-electron chi connectivity index (χ3n) is 4.46. The molecule has 20 heavy (non-hydrogen) atoms. The lowest BCUT2D eigenvalue weighted by molar-refractivity contribution is 0.314. The SMILES string of the molecule is CNC(C)c1cc(Br)ccc1N(C)CC1CCCN1C. The standard InChI is InChI=1S/C16H26BrN3/c1-12(18-2)15-10-13(17)7-8-16(15)20(4)11-14-6-5-9-19(14)3/h7-8,10,12,14,18H,5-6,9,11H2,1-4H3. The highest BCUT2D eigenvalue weighted by molar-refractivity contribution is 9.10. The monoisotopic (exact) mass is 339 g/mol. The molecule has 1 aromatic carbocycles. The summed E-state index contributed by atoms with van der Waals surface area (Å²) >= 11 is 3.59. The zero-order chi connectivity index (χ0) is 14.7. The molecule has 2 atom stereocenters. The van der Waals surface area contributed by atoms with Crippen LogP contribution in [0.2, 0.25) is 0 Å². The van der Waals surface area contributed by atoms with Crippen molar-refractivity contribution in [2.24, 2.45) is 0 Å². The Morgan fingerprint density at radius 2 is 2.25 bits per heavy atom. The van der Waals surface area contributed by atoms with E-state index in [1.807, 2.05) is 7.05 Å². The Balaban J connectivity index is 2.18. The number of likely N-dealkylation sites (tertiary alicyclic amines) is 1. The van der Waals surface area contributed by atoms with Gasteiger partial charge in [-0.1, -0.05) is 15.9 Å². The maximum Gasteiger partial charge on any atom is 0.0413 e. The molecule has 1 aliphatic heterocycles. The average molecular weight is 340 g/mol. The summed E-state index contributed by atoms with van der Waals surface area (Å²) in [5, 5.41) is 3.35. The summed E-state index contributed by atoms with van der Waals surface area (Å²) in [7, 11) is 6.46. The molecular formula is C16H26BrN3. The third kappa shape index (κ3) is 3.54. The van der Waals surface area contributed by atoms with Gasteiger partial charge in [-0.25, -0.2) is 0 Å². The van der Waals surface area contributed by atoms with Gasteiger partial charge < -0.3 is 15.1 Å². The van der Waals surface area contributed by atoms with Gasteiger partial charge in [0, 0.05) is 35.8 Å². The number of nitrogens with zero attached hydrogens (tertiary/aromatic N) is 2. The van der Waals surface area contributed by atoms with Crippen molar-refractivity contribution < 1.29 is 0 Å². The van der Waals surface area contributed by atoms with Crippen LogP contribution in [0, 0.1) is 0 Å². The molecule has 0 radical (unpaired) electrons. The quantitative estimate of drug-likeness (QED) is 0.888. The Bertz CT molecular complexity index is 449. The van der Waals surface area contributed by atoms with E-state index < -0.39 is 0 Å². The molecule has 0 aliphatic carbocycles. The molecule has 1 saturated heterocycles. The number of likely N-dealkylation sites (N-methyl/N-ethyl adjacent to an activating group) is 2. The third-order valence-corrected chi connectivity index (χ3v) is 4.95. The largest absolute Gasteiger partial charge is 0.373 e. The molecule has 0 amide bonds. The normalized spacial score (nSPS) is 21.1. The first-order chi connectivity index (χ1) is 9.52. The van der Waals surface area contributed by atoms with E-state index in [0.29, 0.717) is 12.1 Å². The molecule has 0 bridgehead atoms. The summed E-state index contributed by atoms with van der Waals surface area (Å²) in [5.74, 6) is 0. The van der Waals surface area contributed by atoms with Crippen LogP contribution < -0.4 is 10.2 Å². The van der Waals surface area contributed by atoms with E-state index in [-0.39, 0.29) is 0 Å². The number of halogens is 1. The van der Waals surface area contributed by atoms with E-state index in [4.69, 9.17) is 0 Å². The highest BCUT2D eigenvalue weighted by Crippen LogP contribution is 2.30. The van der Waals surface area contributed by atoms with Gasteiger partial charge in [0.05, 0.1) is 0 Å². The van der Waals surface area contributed by atoms with Crippen LogP contribution in [-0.4, -0.2) is 45.2 Å². The summed E-state index contributed by atoms with van der Waals surface area (Å²) < 4.78 is 1.14. The number of anilines is 1. The Labute approximate surface area is 131 Å². The second-order valence-electron chi connectivity index (χ2n) is 5.87. The van der Waals surface area contributed by atoms with Gasteiger partial charge in [-0.2, -0.15) is 0 Å². The van der Waals surface area contributed by atoms with Gasteiger partial charge in [0.1, 0.15) is 0 Å². The number of benzene rings is 1. The number of rotatable bonds is 5. The summed E-state index contributed by atoms with van der Waals surface area (Å²) in [4.78, 5) is 4.89. The van der Waals surface area contributed by atoms with Crippen LogP contribution >= 0.6 is 15.9 Å². The predicted octanol–water partition coefficient (Wildman–Crippen LogP) is 3.26. The van der Waals surface area contributed by atoms with E-state index in [1.54, 1.807) is 0 Å². The second-order valence-corrected chi connectivity index (χ2v) is 6.79. The van der Waals surface area contributed by atoms with Crippen LogP contribution in [0.3, 0.4) is 0 Å². The molecule has 0 spiro atoms. The van der Waals surface area contributed by atoms with Crippen molar-refractivity contribution in [2.45, 2.75) is 31.8 Å². The van der Waals surface area contributed by atoms with Gasteiger partial charge in [0.15, 0.2) is 0 Å². The Morgan fingerprint density at radius 1 is 1.50 bits per heavy atom. The molecule has 1 aliphatic rings. The highest BCUT2D eigenvalue weighted by atomic mass is 79.9. The molecule has 1 fully saturated rings. The minimum Gasteiger partial charge on any atom is -0.373 e. The van der Waals surface area contributed by atoms with Gasteiger partial charge in [-0.05, 0) is 64.2 Å². The molecule has 2 rings (SSSR count). The second kappa shape index (κ2) is 6.92. The van der Waals surface area contributed by atoms with Gasteiger partial charge in [0.2, 0.25) is 0 Å². The maximum absolute atomic E-state index is 3.59. The minimum atomic E-state index is 0.353. The van der Waals surface area contributed by atoms with Crippen molar-refractivity contribution in [3.63, 3.8) is 0 Å². The summed E-state index contributed by atoms with van der Waals surface area (Å²) in [5.41, 5.74) is 2.68.